The number of nitrogens with one attached hydrogen (secondary N) is 1. The first kappa shape index (κ1) is 23.3. The topological polar surface area (TPSA) is 116 Å². The van der Waals surface area contributed by atoms with Crippen molar-refractivity contribution in [3.8, 4) is 22.5 Å². The zero-order valence-corrected chi connectivity index (χ0v) is 20.0. The van der Waals surface area contributed by atoms with Crippen LogP contribution in [0.2, 0.25) is 0 Å². The molecule has 0 unspecified atom stereocenters. The maximum atomic E-state index is 15.3. The molecule has 5 rings (SSSR count). The predicted octanol–water partition coefficient (Wildman–Crippen LogP) is 3.69. The van der Waals surface area contributed by atoms with Crippen LogP contribution >= 0.6 is 0 Å². The molecule has 4 heterocycles. The van der Waals surface area contributed by atoms with E-state index in [2.05, 4.69) is 30.6 Å². The second-order valence-corrected chi connectivity index (χ2v) is 9.29. The quantitative estimate of drug-likeness (QED) is 0.398. The van der Waals surface area contributed by atoms with Gasteiger partial charge in [0.25, 0.3) is 0 Å². The number of carbonyl (C=O) groups excluding carboxylic acids is 1. The minimum absolute atomic E-state index is 0.0365. The van der Waals surface area contributed by atoms with Crippen molar-refractivity contribution in [1.29, 1.82) is 0 Å². The molecule has 0 fully saturated rings. The number of aryl methyl sites for hydroxylation is 1. The Morgan fingerprint density at radius 3 is 2.58 bits per heavy atom. The Labute approximate surface area is 204 Å². The molecule has 0 saturated heterocycles. The monoisotopic (exact) mass is 492 g/mol. The lowest BCUT2D eigenvalue weighted by atomic mass is 9.96. The highest BCUT2D eigenvalue weighted by Crippen LogP contribution is 2.30. The molecule has 12 heteroatoms. The summed E-state index contributed by atoms with van der Waals surface area (Å²) in [5.41, 5.74) is 1.44. The SMILES string of the molecule is Cn1cc(-c2cn3nccc3c(-c3ccc(CNC(=O)c4nc(C(C)(C)C)no4)c(F)c3F)n2)cn1. The van der Waals surface area contributed by atoms with E-state index in [1.165, 1.54) is 12.1 Å². The minimum atomic E-state index is -1.10. The van der Waals surface area contributed by atoms with Gasteiger partial charge in [0.15, 0.2) is 17.5 Å². The van der Waals surface area contributed by atoms with Crippen LogP contribution in [0.5, 0.6) is 0 Å². The Bertz CT molecular complexity index is 1600. The Morgan fingerprint density at radius 1 is 1.08 bits per heavy atom. The van der Waals surface area contributed by atoms with Gasteiger partial charge in [-0.05, 0) is 12.1 Å². The summed E-state index contributed by atoms with van der Waals surface area (Å²) in [5, 5.41) is 14.6. The van der Waals surface area contributed by atoms with Crippen LogP contribution in [0.4, 0.5) is 8.78 Å². The number of rotatable bonds is 5. The summed E-state index contributed by atoms with van der Waals surface area (Å²) >= 11 is 0. The summed E-state index contributed by atoms with van der Waals surface area (Å²) in [7, 11) is 1.77. The van der Waals surface area contributed by atoms with E-state index in [1.807, 2.05) is 20.8 Å². The summed E-state index contributed by atoms with van der Waals surface area (Å²) in [4.78, 5) is 21.0. The van der Waals surface area contributed by atoms with E-state index in [0.29, 0.717) is 22.6 Å². The van der Waals surface area contributed by atoms with Gasteiger partial charge in [-0.2, -0.15) is 15.2 Å². The van der Waals surface area contributed by atoms with Crippen molar-refractivity contribution in [2.24, 2.45) is 7.05 Å². The van der Waals surface area contributed by atoms with E-state index in [1.54, 1.807) is 47.1 Å². The predicted molar refractivity (Wildman–Crippen MR) is 125 cm³/mol. The van der Waals surface area contributed by atoms with Gasteiger partial charge in [-0.15, -0.1) is 0 Å². The van der Waals surface area contributed by atoms with E-state index in [0.717, 1.165) is 0 Å². The number of halogens is 2. The van der Waals surface area contributed by atoms with Gasteiger partial charge < -0.3 is 9.84 Å². The molecule has 4 aromatic heterocycles. The number of fused-ring (bicyclic) bond motifs is 1. The first-order valence-corrected chi connectivity index (χ1v) is 11.0. The van der Waals surface area contributed by atoms with Gasteiger partial charge in [-0.3, -0.25) is 9.48 Å². The molecule has 1 N–H and O–H groups in total. The lowest BCUT2D eigenvalue weighted by Gasteiger charge is -2.11. The summed E-state index contributed by atoms with van der Waals surface area (Å²) in [6.07, 6.45) is 6.63. The van der Waals surface area contributed by atoms with Crippen LogP contribution in [-0.2, 0) is 19.0 Å². The standard InChI is InChI=1S/C24H22F2N8O2/c1-24(2,3)23-31-22(36-32-23)21(35)27-9-13-5-6-15(19(26)18(13)25)20-17-7-8-28-34(17)12-16(30-20)14-10-29-33(4)11-14/h5-8,10-12H,9H2,1-4H3,(H,27,35). The minimum Gasteiger partial charge on any atom is -0.344 e. The van der Waals surface area contributed by atoms with Crippen molar-refractivity contribution in [3.63, 3.8) is 0 Å². The van der Waals surface area contributed by atoms with Crippen LogP contribution in [0.25, 0.3) is 28.0 Å². The zero-order valence-electron chi connectivity index (χ0n) is 20.0. The van der Waals surface area contributed by atoms with Crippen molar-refractivity contribution >= 4 is 11.4 Å². The molecule has 5 aromatic rings. The molecule has 0 saturated carbocycles. The van der Waals surface area contributed by atoms with Crippen LogP contribution in [0.3, 0.4) is 0 Å². The second-order valence-electron chi connectivity index (χ2n) is 9.29. The molecule has 0 spiro atoms. The Morgan fingerprint density at radius 2 is 1.89 bits per heavy atom. The maximum Gasteiger partial charge on any atom is 0.315 e. The smallest absolute Gasteiger partial charge is 0.315 e. The highest BCUT2D eigenvalue weighted by Gasteiger charge is 2.24. The molecular formula is C24H22F2N8O2. The number of aromatic nitrogens is 7. The molecule has 0 aliphatic heterocycles. The molecule has 0 bridgehead atoms. The first-order valence-electron chi connectivity index (χ1n) is 11.0. The molecule has 1 amide bonds. The molecule has 0 aliphatic rings. The molecular weight excluding hydrogens is 470 g/mol. The van der Waals surface area contributed by atoms with Crippen molar-refractivity contribution in [2.45, 2.75) is 32.7 Å². The Hall–Kier alpha value is -4.48. The lowest BCUT2D eigenvalue weighted by Crippen LogP contribution is -2.24. The van der Waals surface area contributed by atoms with Crippen molar-refractivity contribution < 1.29 is 18.1 Å². The third-order valence-corrected chi connectivity index (χ3v) is 5.54. The Kier molecular flexibility index (Phi) is 5.58. The van der Waals surface area contributed by atoms with Crippen molar-refractivity contribution in [3.05, 3.63) is 71.9 Å². The van der Waals surface area contributed by atoms with E-state index in [4.69, 9.17) is 4.52 Å². The summed E-state index contributed by atoms with van der Waals surface area (Å²) in [6.45, 7) is 5.34. The van der Waals surface area contributed by atoms with Gasteiger partial charge in [0, 0.05) is 41.9 Å². The summed E-state index contributed by atoms with van der Waals surface area (Å²) in [6, 6.07) is 4.48. The molecule has 184 valence electrons. The fraction of sp³-hybridized carbons (Fsp3) is 0.250. The fourth-order valence-corrected chi connectivity index (χ4v) is 3.60. The number of hydrogen-bond donors (Lipinski definition) is 1. The van der Waals surface area contributed by atoms with E-state index in [-0.39, 0.29) is 29.3 Å². The van der Waals surface area contributed by atoms with Crippen molar-refractivity contribution in [2.75, 3.05) is 0 Å². The average molecular weight is 492 g/mol. The summed E-state index contributed by atoms with van der Waals surface area (Å²) < 4.78 is 38.5. The number of benzene rings is 1. The van der Waals surface area contributed by atoms with Crippen LogP contribution in [-0.4, -0.2) is 40.4 Å². The molecule has 0 atom stereocenters. The number of amides is 1. The fourth-order valence-electron chi connectivity index (χ4n) is 3.60. The third kappa shape index (κ3) is 4.21. The highest BCUT2D eigenvalue weighted by molar-refractivity contribution is 5.89. The Balaban J connectivity index is 1.43. The molecule has 10 nitrogen and oxygen atoms in total. The normalized spacial score (nSPS) is 11.8. The van der Waals surface area contributed by atoms with E-state index in [9.17, 15) is 4.79 Å². The largest absolute Gasteiger partial charge is 0.344 e. The van der Waals surface area contributed by atoms with Gasteiger partial charge >= 0.3 is 11.8 Å². The van der Waals surface area contributed by atoms with Gasteiger partial charge in [0.2, 0.25) is 0 Å². The number of hydrogen-bond acceptors (Lipinski definition) is 7. The summed E-state index contributed by atoms with van der Waals surface area (Å²) in [5.74, 6) is -2.76. The van der Waals surface area contributed by atoms with Crippen molar-refractivity contribution in [1.82, 2.24) is 39.8 Å². The van der Waals surface area contributed by atoms with Gasteiger partial charge in [0.1, 0.15) is 0 Å². The zero-order chi connectivity index (χ0) is 25.6. The van der Waals surface area contributed by atoms with Gasteiger partial charge in [0.05, 0.1) is 35.5 Å². The third-order valence-electron chi connectivity index (χ3n) is 5.54. The second kappa shape index (κ2) is 8.63. The van der Waals surface area contributed by atoms with E-state index >= 15 is 8.78 Å². The van der Waals surface area contributed by atoms with Gasteiger partial charge in [-0.1, -0.05) is 32.0 Å². The van der Waals surface area contributed by atoms with Crippen LogP contribution in [0.15, 0.2) is 47.5 Å². The van der Waals surface area contributed by atoms with Crippen LogP contribution in [0, 0.1) is 11.6 Å². The molecule has 0 aliphatic carbocycles. The molecule has 36 heavy (non-hydrogen) atoms. The van der Waals surface area contributed by atoms with E-state index < -0.39 is 23.0 Å². The number of nitrogens with zero attached hydrogens (tertiary/aromatic N) is 7. The average Bonchev–Trinajstić information content (AvgIpc) is 3.59. The highest BCUT2D eigenvalue weighted by atomic mass is 19.2. The lowest BCUT2D eigenvalue weighted by molar-refractivity contribution is 0.0906. The van der Waals surface area contributed by atoms with Crippen LogP contribution < -0.4 is 5.32 Å². The van der Waals surface area contributed by atoms with Crippen LogP contribution in [0.1, 0.15) is 42.8 Å². The van der Waals surface area contributed by atoms with Gasteiger partial charge in [-0.25, -0.2) is 18.3 Å². The molecule has 0 radical (unpaired) electrons. The maximum absolute atomic E-state index is 15.3. The first-order chi connectivity index (χ1) is 17.1. The number of carbonyl (C=O) groups is 1. The molecule has 1 aromatic carbocycles.